The Morgan fingerprint density at radius 3 is 2.63 bits per heavy atom. The smallest absolute Gasteiger partial charge is 0.268 e. The Bertz CT molecular complexity index is 710. The van der Waals surface area contributed by atoms with Gasteiger partial charge in [0, 0.05) is 11.9 Å². The number of hydrogen-bond donors (Lipinski definition) is 1. The summed E-state index contributed by atoms with van der Waals surface area (Å²) in [4.78, 5) is 29.7. The van der Waals surface area contributed by atoms with Gasteiger partial charge in [0.1, 0.15) is 0 Å². The Balaban J connectivity index is 2.16. The summed E-state index contributed by atoms with van der Waals surface area (Å²) in [5, 5.41) is 0. The van der Waals surface area contributed by atoms with Crippen LogP contribution < -0.4 is 10.6 Å². The first-order valence-corrected chi connectivity index (χ1v) is 5.78. The molecule has 2 aromatic rings. The second-order valence-electron chi connectivity index (χ2n) is 4.44. The molecule has 1 aliphatic heterocycles. The highest BCUT2D eigenvalue weighted by Crippen LogP contribution is 2.31. The number of nitrogens with two attached hydrogens (primary N) is 1. The van der Waals surface area contributed by atoms with E-state index in [1.807, 2.05) is 6.92 Å². The van der Waals surface area contributed by atoms with Crippen LogP contribution in [0.25, 0.3) is 0 Å². The fraction of sp³-hybridized carbons (Fsp3) is 0.0714. The van der Waals surface area contributed by atoms with Crippen molar-refractivity contribution in [1.82, 2.24) is 4.98 Å². The average Bonchev–Trinajstić information content (AvgIpc) is 2.63. The standard InChI is InChI=1S/C14H11N3O2/c1-8-5-9(7-16-6-8)17-13(18)10-3-2-4-11(15)12(10)14(17)19/h2-7H,15H2,1H3. The molecule has 0 unspecified atom stereocenters. The van der Waals surface area contributed by atoms with E-state index < -0.39 is 5.91 Å². The van der Waals surface area contributed by atoms with Crippen LogP contribution in [0.2, 0.25) is 0 Å². The van der Waals surface area contributed by atoms with Gasteiger partial charge in [-0.3, -0.25) is 14.6 Å². The summed E-state index contributed by atoms with van der Waals surface area (Å²) >= 11 is 0. The number of aromatic nitrogens is 1. The number of pyridine rings is 1. The molecule has 1 aromatic heterocycles. The average molecular weight is 253 g/mol. The Morgan fingerprint density at radius 1 is 1.16 bits per heavy atom. The molecule has 0 radical (unpaired) electrons. The molecule has 1 aliphatic rings. The highest BCUT2D eigenvalue weighted by Gasteiger charge is 2.38. The van der Waals surface area contributed by atoms with E-state index in [2.05, 4.69) is 4.98 Å². The van der Waals surface area contributed by atoms with Crippen molar-refractivity contribution in [3.05, 3.63) is 53.3 Å². The van der Waals surface area contributed by atoms with Crippen LogP contribution in [-0.4, -0.2) is 16.8 Å². The molecular weight excluding hydrogens is 242 g/mol. The Labute approximate surface area is 109 Å². The number of anilines is 2. The number of nitrogen functional groups attached to an aromatic ring is 1. The molecule has 94 valence electrons. The number of carbonyl (C=O) groups excluding carboxylic acids is 2. The highest BCUT2D eigenvalue weighted by molar-refractivity contribution is 6.35. The first-order valence-electron chi connectivity index (χ1n) is 5.78. The lowest BCUT2D eigenvalue weighted by Gasteiger charge is -2.13. The molecule has 0 spiro atoms. The SMILES string of the molecule is Cc1cncc(N2C(=O)c3cccc(N)c3C2=O)c1. The second kappa shape index (κ2) is 3.91. The zero-order valence-corrected chi connectivity index (χ0v) is 10.3. The number of nitrogens with zero attached hydrogens (tertiary/aromatic N) is 2. The first kappa shape index (κ1) is 11.4. The van der Waals surface area contributed by atoms with Crippen LogP contribution in [0.15, 0.2) is 36.7 Å². The summed E-state index contributed by atoms with van der Waals surface area (Å²) in [6, 6.07) is 6.62. The number of hydrogen-bond acceptors (Lipinski definition) is 4. The van der Waals surface area contributed by atoms with Gasteiger partial charge in [-0.1, -0.05) is 6.07 Å². The van der Waals surface area contributed by atoms with Gasteiger partial charge in [-0.25, -0.2) is 4.90 Å². The molecule has 2 heterocycles. The number of rotatable bonds is 1. The number of aryl methyl sites for hydroxylation is 1. The summed E-state index contributed by atoms with van der Waals surface area (Å²) in [5.41, 5.74) is 8.05. The number of carbonyl (C=O) groups is 2. The summed E-state index contributed by atoms with van der Waals surface area (Å²) < 4.78 is 0. The van der Waals surface area contributed by atoms with Crippen molar-refractivity contribution in [1.29, 1.82) is 0 Å². The van der Waals surface area contributed by atoms with E-state index in [4.69, 9.17) is 5.73 Å². The monoisotopic (exact) mass is 253 g/mol. The van der Waals surface area contributed by atoms with Gasteiger partial charge in [-0.2, -0.15) is 0 Å². The molecule has 5 heteroatoms. The normalized spacial score (nSPS) is 13.8. The van der Waals surface area contributed by atoms with Crippen molar-refractivity contribution in [2.24, 2.45) is 0 Å². The minimum atomic E-state index is -0.398. The Hall–Kier alpha value is -2.69. The number of imide groups is 1. The minimum absolute atomic E-state index is 0.272. The molecule has 0 atom stereocenters. The van der Waals surface area contributed by atoms with Crippen LogP contribution in [0.3, 0.4) is 0 Å². The van der Waals surface area contributed by atoms with Crippen molar-refractivity contribution in [2.75, 3.05) is 10.6 Å². The summed E-state index contributed by atoms with van der Waals surface area (Å²) in [6.07, 6.45) is 3.15. The fourth-order valence-corrected chi connectivity index (χ4v) is 2.21. The van der Waals surface area contributed by atoms with Gasteiger partial charge in [0.15, 0.2) is 0 Å². The van der Waals surface area contributed by atoms with E-state index in [-0.39, 0.29) is 11.5 Å². The molecule has 0 fully saturated rings. The van der Waals surface area contributed by atoms with Gasteiger partial charge in [0.05, 0.1) is 23.0 Å². The van der Waals surface area contributed by atoms with Crippen molar-refractivity contribution < 1.29 is 9.59 Å². The van der Waals surface area contributed by atoms with Gasteiger partial charge in [0.2, 0.25) is 0 Å². The third-order valence-corrected chi connectivity index (χ3v) is 3.07. The maximum atomic E-state index is 12.3. The van der Waals surface area contributed by atoms with Crippen molar-refractivity contribution >= 4 is 23.2 Å². The van der Waals surface area contributed by atoms with Crippen molar-refractivity contribution in [2.45, 2.75) is 6.92 Å². The van der Waals surface area contributed by atoms with E-state index in [0.717, 1.165) is 10.5 Å². The van der Waals surface area contributed by atoms with Gasteiger partial charge in [-0.15, -0.1) is 0 Å². The molecule has 2 N–H and O–H groups in total. The largest absolute Gasteiger partial charge is 0.398 e. The van der Waals surface area contributed by atoms with Crippen LogP contribution >= 0.6 is 0 Å². The zero-order valence-electron chi connectivity index (χ0n) is 10.3. The molecule has 19 heavy (non-hydrogen) atoms. The topological polar surface area (TPSA) is 76.3 Å². The molecule has 0 saturated heterocycles. The van der Waals surface area contributed by atoms with E-state index in [9.17, 15) is 9.59 Å². The molecule has 0 aliphatic carbocycles. The van der Waals surface area contributed by atoms with Gasteiger partial charge in [0.25, 0.3) is 11.8 Å². The second-order valence-corrected chi connectivity index (χ2v) is 4.44. The Morgan fingerprint density at radius 2 is 1.95 bits per heavy atom. The lowest BCUT2D eigenvalue weighted by Crippen LogP contribution is -2.29. The van der Waals surface area contributed by atoms with E-state index in [1.54, 1.807) is 30.5 Å². The quantitative estimate of drug-likeness (QED) is 0.620. The van der Waals surface area contributed by atoms with Crippen LogP contribution in [-0.2, 0) is 0 Å². The van der Waals surface area contributed by atoms with E-state index in [1.165, 1.54) is 6.20 Å². The molecule has 1 aromatic carbocycles. The molecule has 5 nitrogen and oxygen atoms in total. The molecular formula is C14H11N3O2. The fourth-order valence-electron chi connectivity index (χ4n) is 2.21. The third kappa shape index (κ3) is 1.59. The molecule has 0 saturated carbocycles. The number of benzene rings is 1. The lowest BCUT2D eigenvalue weighted by atomic mass is 10.1. The van der Waals surface area contributed by atoms with E-state index in [0.29, 0.717) is 16.9 Å². The lowest BCUT2D eigenvalue weighted by molar-refractivity contribution is 0.0926. The van der Waals surface area contributed by atoms with Crippen LogP contribution in [0, 0.1) is 6.92 Å². The number of fused-ring (bicyclic) bond motifs is 1. The highest BCUT2D eigenvalue weighted by atomic mass is 16.2. The molecule has 0 bridgehead atoms. The van der Waals surface area contributed by atoms with Crippen LogP contribution in [0.4, 0.5) is 11.4 Å². The van der Waals surface area contributed by atoms with Crippen molar-refractivity contribution in [3.63, 3.8) is 0 Å². The predicted octanol–water partition coefficient (Wildman–Crippen LogP) is 1.77. The first-order chi connectivity index (χ1) is 9.09. The number of amides is 2. The van der Waals surface area contributed by atoms with Gasteiger partial charge in [-0.05, 0) is 30.7 Å². The van der Waals surface area contributed by atoms with Crippen LogP contribution in [0.1, 0.15) is 26.3 Å². The zero-order chi connectivity index (χ0) is 13.6. The van der Waals surface area contributed by atoms with E-state index >= 15 is 0 Å². The summed E-state index contributed by atoms with van der Waals surface area (Å²) in [7, 11) is 0. The maximum absolute atomic E-state index is 12.3. The van der Waals surface area contributed by atoms with Crippen LogP contribution in [0.5, 0.6) is 0 Å². The summed E-state index contributed by atoms with van der Waals surface area (Å²) in [6.45, 7) is 1.85. The van der Waals surface area contributed by atoms with Crippen molar-refractivity contribution in [3.8, 4) is 0 Å². The van der Waals surface area contributed by atoms with Gasteiger partial charge >= 0.3 is 0 Å². The Kier molecular flexibility index (Phi) is 2.35. The third-order valence-electron chi connectivity index (χ3n) is 3.07. The summed E-state index contributed by atoms with van der Waals surface area (Å²) in [5.74, 6) is -0.759. The minimum Gasteiger partial charge on any atom is -0.398 e. The van der Waals surface area contributed by atoms with Gasteiger partial charge < -0.3 is 5.73 Å². The maximum Gasteiger partial charge on any atom is 0.268 e. The molecule has 3 rings (SSSR count). The predicted molar refractivity (Wildman–Crippen MR) is 71.0 cm³/mol. The molecule has 2 amide bonds.